The largest absolute Gasteiger partial charge is 0.465 e. The van der Waals surface area contributed by atoms with Gasteiger partial charge in [0.1, 0.15) is 6.61 Å². The number of esters is 1. The van der Waals surface area contributed by atoms with E-state index in [1.165, 1.54) is 7.11 Å². The molecule has 1 aromatic rings. The average Bonchev–Trinajstić information content (AvgIpc) is 2.28. The standard InChI is InChI=1S/C11H12F2O3/c1-15-11(14)9-5-3-2-4-8(9)6-16-7-10(12)13/h2-5,10H,6-7H2,1H3. The Kier molecular flexibility index (Phi) is 4.85. The van der Waals surface area contributed by atoms with Crippen molar-refractivity contribution in [1.82, 2.24) is 0 Å². The number of carbonyl (C=O) groups is 1. The second-order valence-corrected chi connectivity index (χ2v) is 3.05. The van der Waals surface area contributed by atoms with Crippen molar-refractivity contribution < 1.29 is 23.0 Å². The molecule has 5 heteroatoms. The minimum atomic E-state index is -2.51. The Morgan fingerprint density at radius 2 is 2.06 bits per heavy atom. The first-order valence-corrected chi connectivity index (χ1v) is 4.67. The summed E-state index contributed by atoms with van der Waals surface area (Å²) < 4.78 is 33.0. The fourth-order valence-corrected chi connectivity index (χ4v) is 1.21. The minimum Gasteiger partial charge on any atom is -0.465 e. The van der Waals surface area contributed by atoms with Crippen molar-refractivity contribution in [2.24, 2.45) is 0 Å². The maximum Gasteiger partial charge on any atom is 0.338 e. The number of ether oxygens (including phenoxy) is 2. The van der Waals surface area contributed by atoms with Crippen molar-refractivity contribution >= 4 is 5.97 Å². The molecule has 0 aliphatic heterocycles. The zero-order valence-corrected chi connectivity index (χ0v) is 8.78. The first kappa shape index (κ1) is 12.6. The van der Waals surface area contributed by atoms with Crippen LogP contribution in [0.1, 0.15) is 15.9 Å². The van der Waals surface area contributed by atoms with E-state index in [4.69, 9.17) is 4.74 Å². The van der Waals surface area contributed by atoms with Crippen molar-refractivity contribution in [2.75, 3.05) is 13.7 Å². The highest BCUT2D eigenvalue weighted by molar-refractivity contribution is 5.90. The molecule has 0 saturated carbocycles. The highest BCUT2D eigenvalue weighted by Crippen LogP contribution is 2.11. The fraction of sp³-hybridized carbons (Fsp3) is 0.364. The summed E-state index contributed by atoms with van der Waals surface area (Å²) >= 11 is 0. The number of hydrogen-bond donors (Lipinski definition) is 0. The zero-order valence-electron chi connectivity index (χ0n) is 8.78. The van der Waals surface area contributed by atoms with Gasteiger partial charge in [-0.25, -0.2) is 13.6 Å². The Bertz CT molecular complexity index is 353. The Morgan fingerprint density at radius 1 is 1.38 bits per heavy atom. The van der Waals surface area contributed by atoms with Gasteiger partial charge in [-0.3, -0.25) is 0 Å². The van der Waals surface area contributed by atoms with Gasteiger partial charge in [-0.15, -0.1) is 0 Å². The maximum atomic E-state index is 11.8. The molecule has 3 nitrogen and oxygen atoms in total. The number of hydrogen-bond acceptors (Lipinski definition) is 3. The molecule has 0 aliphatic rings. The summed E-state index contributed by atoms with van der Waals surface area (Å²) in [5, 5.41) is 0. The lowest BCUT2D eigenvalue weighted by Crippen LogP contribution is -2.09. The lowest BCUT2D eigenvalue weighted by atomic mass is 10.1. The molecule has 0 amide bonds. The van der Waals surface area contributed by atoms with E-state index in [-0.39, 0.29) is 6.61 Å². The zero-order chi connectivity index (χ0) is 12.0. The van der Waals surface area contributed by atoms with Gasteiger partial charge < -0.3 is 9.47 Å². The molecule has 88 valence electrons. The van der Waals surface area contributed by atoms with Crippen LogP contribution in [0.25, 0.3) is 0 Å². The molecule has 0 saturated heterocycles. The highest BCUT2D eigenvalue weighted by Gasteiger charge is 2.11. The molecule has 1 rings (SSSR count). The van der Waals surface area contributed by atoms with Crippen molar-refractivity contribution in [3.63, 3.8) is 0 Å². The van der Waals surface area contributed by atoms with Crippen LogP contribution in [0.3, 0.4) is 0 Å². The summed E-state index contributed by atoms with van der Waals surface area (Å²) in [6.07, 6.45) is -2.51. The summed E-state index contributed by atoms with van der Waals surface area (Å²) in [7, 11) is 1.26. The van der Waals surface area contributed by atoms with Crippen molar-refractivity contribution in [3.05, 3.63) is 35.4 Å². The summed E-state index contributed by atoms with van der Waals surface area (Å²) in [6.45, 7) is -0.675. The van der Waals surface area contributed by atoms with E-state index in [9.17, 15) is 13.6 Å². The van der Waals surface area contributed by atoms with Crippen LogP contribution in [-0.4, -0.2) is 26.1 Å². The second-order valence-electron chi connectivity index (χ2n) is 3.05. The molecule has 0 atom stereocenters. The maximum absolute atomic E-state index is 11.8. The van der Waals surface area contributed by atoms with Crippen LogP contribution in [0.5, 0.6) is 0 Å². The predicted octanol–water partition coefficient (Wildman–Crippen LogP) is 2.25. The third-order valence-electron chi connectivity index (χ3n) is 1.92. The molecule has 0 fully saturated rings. The van der Waals surface area contributed by atoms with E-state index < -0.39 is 19.0 Å². The molecule has 16 heavy (non-hydrogen) atoms. The van der Waals surface area contributed by atoms with Crippen LogP contribution in [-0.2, 0) is 16.1 Å². The van der Waals surface area contributed by atoms with Gasteiger partial charge in [0.25, 0.3) is 6.43 Å². The first-order valence-electron chi connectivity index (χ1n) is 4.67. The Hall–Kier alpha value is -1.49. The molecule has 0 unspecified atom stereocenters. The minimum absolute atomic E-state index is 0.0321. The van der Waals surface area contributed by atoms with E-state index >= 15 is 0 Å². The van der Waals surface area contributed by atoms with Gasteiger partial charge in [-0.2, -0.15) is 0 Å². The van der Waals surface area contributed by atoms with Gasteiger partial charge >= 0.3 is 5.97 Å². The summed E-state index contributed by atoms with van der Waals surface area (Å²) in [6, 6.07) is 6.57. The number of alkyl halides is 2. The number of halogens is 2. The van der Waals surface area contributed by atoms with Crippen LogP contribution in [0, 0.1) is 0 Å². The monoisotopic (exact) mass is 230 g/mol. The second kappa shape index (κ2) is 6.17. The van der Waals surface area contributed by atoms with Crippen LogP contribution >= 0.6 is 0 Å². The third kappa shape index (κ3) is 3.58. The van der Waals surface area contributed by atoms with Crippen LogP contribution in [0.2, 0.25) is 0 Å². The van der Waals surface area contributed by atoms with Crippen LogP contribution in [0.4, 0.5) is 8.78 Å². The van der Waals surface area contributed by atoms with E-state index in [0.717, 1.165) is 0 Å². The summed E-state index contributed by atoms with van der Waals surface area (Å²) in [4.78, 5) is 11.3. The quantitative estimate of drug-likeness (QED) is 0.728. The molecule has 1 aromatic carbocycles. The van der Waals surface area contributed by atoms with Gasteiger partial charge in [0, 0.05) is 0 Å². The molecule has 0 bridgehead atoms. The molecule has 0 radical (unpaired) electrons. The Balaban J connectivity index is 2.67. The third-order valence-corrected chi connectivity index (χ3v) is 1.92. The molecular weight excluding hydrogens is 218 g/mol. The predicted molar refractivity (Wildman–Crippen MR) is 53.4 cm³/mol. The Morgan fingerprint density at radius 3 is 2.69 bits per heavy atom. The lowest BCUT2D eigenvalue weighted by molar-refractivity contribution is 0.00947. The van der Waals surface area contributed by atoms with Gasteiger partial charge in [-0.1, -0.05) is 18.2 Å². The smallest absolute Gasteiger partial charge is 0.338 e. The molecule has 0 N–H and O–H groups in total. The van der Waals surface area contributed by atoms with Gasteiger partial charge in [0.2, 0.25) is 0 Å². The summed E-state index contributed by atoms with van der Waals surface area (Å²) in [5.41, 5.74) is 0.870. The molecule has 0 spiro atoms. The van der Waals surface area contributed by atoms with Crippen molar-refractivity contribution in [1.29, 1.82) is 0 Å². The van der Waals surface area contributed by atoms with Crippen molar-refractivity contribution in [3.8, 4) is 0 Å². The molecular formula is C11H12F2O3. The highest BCUT2D eigenvalue weighted by atomic mass is 19.3. The number of rotatable bonds is 5. The molecule has 0 aliphatic carbocycles. The van der Waals surface area contributed by atoms with E-state index in [2.05, 4.69) is 4.74 Å². The number of carbonyl (C=O) groups excluding carboxylic acids is 1. The topological polar surface area (TPSA) is 35.5 Å². The molecule has 0 aromatic heterocycles. The van der Waals surface area contributed by atoms with Gasteiger partial charge in [-0.05, 0) is 11.6 Å². The number of benzene rings is 1. The lowest BCUT2D eigenvalue weighted by Gasteiger charge is -2.08. The Labute approximate surface area is 92.0 Å². The van der Waals surface area contributed by atoms with Crippen LogP contribution < -0.4 is 0 Å². The van der Waals surface area contributed by atoms with Crippen molar-refractivity contribution in [2.45, 2.75) is 13.0 Å². The van der Waals surface area contributed by atoms with E-state index in [1.54, 1.807) is 24.3 Å². The summed E-state index contributed by atoms with van der Waals surface area (Å²) in [5.74, 6) is -0.503. The SMILES string of the molecule is COC(=O)c1ccccc1COCC(F)F. The average molecular weight is 230 g/mol. The fourth-order valence-electron chi connectivity index (χ4n) is 1.21. The molecule has 0 heterocycles. The van der Waals surface area contributed by atoms with E-state index in [0.29, 0.717) is 11.1 Å². The first-order chi connectivity index (χ1) is 7.65. The van der Waals surface area contributed by atoms with E-state index in [1.807, 2.05) is 0 Å². The van der Waals surface area contributed by atoms with Gasteiger partial charge in [0.05, 0.1) is 19.3 Å². The normalized spacial score (nSPS) is 10.5. The van der Waals surface area contributed by atoms with Gasteiger partial charge in [0.15, 0.2) is 0 Å². The van der Waals surface area contributed by atoms with Crippen LogP contribution in [0.15, 0.2) is 24.3 Å². The number of methoxy groups -OCH3 is 1.